The van der Waals surface area contributed by atoms with Crippen LogP contribution in [0.4, 0.5) is 0 Å². The normalized spacial score (nSPS) is 13.1. The second kappa shape index (κ2) is 10.3. The summed E-state index contributed by atoms with van der Waals surface area (Å²) < 4.78 is 0. The molecule has 0 amide bonds. The second-order valence-corrected chi connectivity index (χ2v) is 11.1. The van der Waals surface area contributed by atoms with Crippen LogP contribution in [0, 0.1) is 0 Å². The fraction of sp³-hybridized carbons (Fsp3) is 0.0476. The van der Waals surface area contributed by atoms with Gasteiger partial charge in [-0.2, -0.15) is 0 Å². The maximum absolute atomic E-state index is 2.37. The average molecular weight is 535 g/mol. The molecule has 1 aliphatic rings. The highest BCUT2D eigenvalue weighted by molar-refractivity contribution is 6.24. The molecule has 0 heteroatoms. The van der Waals surface area contributed by atoms with Crippen molar-refractivity contribution in [3.8, 4) is 33.4 Å². The van der Waals surface area contributed by atoms with E-state index in [1.807, 2.05) is 0 Å². The van der Waals surface area contributed by atoms with E-state index in [1.54, 1.807) is 0 Å². The highest BCUT2D eigenvalue weighted by Gasteiger charge is 2.19. The molecule has 0 saturated carbocycles. The molecule has 0 bridgehead atoms. The van der Waals surface area contributed by atoms with Gasteiger partial charge in [0.05, 0.1) is 0 Å². The molecule has 198 valence electrons. The molecule has 7 aromatic carbocycles. The van der Waals surface area contributed by atoms with Crippen LogP contribution in [0.1, 0.15) is 18.4 Å². The summed E-state index contributed by atoms with van der Waals surface area (Å²) in [5.41, 5.74) is 10.2. The second-order valence-electron chi connectivity index (χ2n) is 11.1. The van der Waals surface area contributed by atoms with Crippen molar-refractivity contribution >= 4 is 37.9 Å². The van der Waals surface area contributed by atoms with Gasteiger partial charge in [0, 0.05) is 0 Å². The zero-order chi connectivity index (χ0) is 27.9. The SMILES string of the molecule is C1=CC(c2cccc(-c3c4ccccc4c(-c4ccc(-c5ccccc5)c5ccccc45)c4ccccc34)c2)=CCC1. The van der Waals surface area contributed by atoms with E-state index in [-0.39, 0.29) is 0 Å². The van der Waals surface area contributed by atoms with Gasteiger partial charge in [-0.1, -0.05) is 152 Å². The molecule has 0 atom stereocenters. The highest BCUT2D eigenvalue weighted by Crippen LogP contribution is 2.46. The average Bonchev–Trinajstić information content (AvgIpc) is 3.07. The Hall–Kier alpha value is -5.20. The lowest BCUT2D eigenvalue weighted by molar-refractivity contribution is 1.04. The van der Waals surface area contributed by atoms with Crippen molar-refractivity contribution in [1.29, 1.82) is 0 Å². The van der Waals surface area contributed by atoms with E-state index in [4.69, 9.17) is 0 Å². The third-order valence-corrected chi connectivity index (χ3v) is 8.69. The number of benzene rings is 7. The topological polar surface area (TPSA) is 0 Å². The van der Waals surface area contributed by atoms with E-state index in [0.717, 1.165) is 12.8 Å². The molecular weight excluding hydrogens is 504 g/mol. The van der Waals surface area contributed by atoms with E-state index in [9.17, 15) is 0 Å². The molecule has 0 aliphatic heterocycles. The van der Waals surface area contributed by atoms with Gasteiger partial charge in [0.25, 0.3) is 0 Å². The molecule has 0 aromatic heterocycles. The molecule has 1 aliphatic carbocycles. The summed E-state index contributed by atoms with van der Waals surface area (Å²) in [6, 6.07) is 51.2. The fourth-order valence-electron chi connectivity index (χ4n) is 6.80. The molecule has 0 heterocycles. The van der Waals surface area contributed by atoms with Gasteiger partial charge >= 0.3 is 0 Å². The predicted octanol–water partition coefficient (Wildman–Crippen LogP) is 11.9. The Morgan fingerprint density at radius 1 is 0.357 bits per heavy atom. The minimum absolute atomic E-state index is 1.10. The lowest BCUT2D eigenvalue weighted by Gasteiger charge is -2.20. The van der Waals surface area contributed by atoms with Gasteiger partial charge in [-0.05, 0) is 95.7 Å². The molecule has 42 heavy (non-hydrogen) atoms. The molecule has 0 unspecified atom stereocenters. The molecule has 0 saturated heterocycles. The Kier molecular flexibility index (Phi) is 6.04. The Labute approximate surface area is 246 Å². The van der Waals surface area contributed by atoms with Crippen LogP contribution in [0.2, 0.25) is 0 Å². The van der Waals surface area contributed by atoms with Crippen molar-refractivity contribution in [2.45, 2.75) is 12.8 Å². The van der Waals surface area contributed by atoms with Gasteiger partial charge in [0.1, 0.15) is 0 Å². The van der Waals surface area contributed by atoms with Crippen LogP contribution < -0.4 is 0 Å². The summed E-state index contributed by atoms with van der Waals surface area (Å²) >= 11 is 0. The first-order valence-corrected chi connectivity index (χ1v) is 14.9. The molecular formula is C42H30. The lowest BCUT2D eigenvalue weighted by Crippen LogP contribution is -1.93. The Balaban J connectivity index is 1.43. The molecule has 0 radical (unpaired) electrons. The standard InChI is InChI=1S/C42H30/c1-3-14-29(15-4-1)31-18-13-19-32(28-31)41-36-22-9-11-24-38(36)42(39-25-12-10-23-37(39)41)40-27-26-33(30-16-5-2-6-17-30)34-20-7-8-21-35(34)40/h2-3,5-28H,1,4H2. The number of allylic oxidation sites excluding steroid dienone is 4. The van der Waals surface area contributed by atoms with Gasteiger partial charge < -0.3 is 0 Å². The molecule has 0 fully saturated rings. The predicted molar refractivity (Wildman–Crippen MR) is 182 cm³/mol. The van der Waals surface area contributed by atoms with Crippen LogP contribution >= 0.6 is 0 Å². The van der Waals surface area contributed by atoms with Crippen LogP contribution in [0.5, 0.6) is 0 Å². The van der Waals surface area contributed by atoms with Gasteiger partial charge in [-0.15, -0.1) is 0 Å². The van der Waals surface area contributed by atoms with Crippen LogP contribution in [0.25, 0.3) is 71.3 Å². The largest absolute Gasteiger partial charge is 0.0836 e. The van der Waals surface area contributed by atoms with Gasteiger partial charge in [0.15, 0.2) is 0 Å². The van der Waals surface area contributed by atoms with Crippen molar-refractivity contribution in [1.82, 2.24) is 0 Å². The van der Waals surface area contributed by atoms with E-state index >= 15 is 0 Å². The van der Waals surface area contributed by atoms with E-state index in [2.05, 4.69) is 158 Å². The minimum atomic E-state index is 1.10. The molecule has 8 rings (SSSR count). The van der Waals surface area contributed by atoms with E-state index < -0.39 is 0 Å². The smallest absolute Gasteiger partial charge is 0.00201 e. The van der Waals surface area contributed by atoms with Crippen molar-refractivity contribution < 1.29 is 0 Å². The maximum Gasteiger partial charge on any atom is -0.00201 e. The first kappa shape index (κ1) is 24.6. The third-order valence-electron chi connectivity index (χ3n) is 8.69. The monoisotopic (exact) mass is 534 g/mol. The summed E-state index contributed by atoms with van der Waals surface area (Å²) in [6.45, 7) is 0. The Morgan fingerprint density at radius 3 is 1.52 bits per heavy atom. The summed E-state index contributed by atoms with van der Waals surface area (Å²) in [5.74, 6) is 0. The van der Waals surface area contributed by atoms with Crippen LogP contribution in [0.15, 0.2) is 158 Å². The van der Waals surface area contributed by atoms with Crippen LogP contribution in [-0.2, 0) is 0 Å². The summed E-state index contributed by atoms with van der Waals surface area (Å²) in [4.78, 5) is 0. The third kappa shape index (κ3) is 4.07. The lowest BCUT2D eigenvalue weighted by atomic mass is 9.83. The summed E-state index contributed by atoms with van der Waals surface area (Å²) in [5, 5.41) is 7.69. The number of rotatable bonds is 4. The zero-order valence-corrected chi connectivity index (χ0v) is 23.4. The molecule has 0 spiro atoms. The fourth-order valence-corrected chi connectivity index (χ4v) is 6.80. The molecule has 0 nitrogen and oxygen atoms in total. The van der Waals surface area contributed by atoms with Gasteiger partial charge in [-0.25, -0.2) is 0 Å². The first-order valence-electron chi connectivity index (χ1n) is 14.9. The van der Waals surface area contributed by atoms with Crippen molar-refractivity contribution in [3.05, 3.63) is 163 Å². The van der Waals surface area contributed by atoms with Gasteiger partial charge in [-0.3, -0.25) is 0 Å². The highest BCUT2D eigenvalue weighted by atomic mass is 14.2. The molecule has 0 N–H and O–H groups in total. The van der Waals surface area contributed by atoms with E-state index in [0.29, 0.717) is 0 Å². The minimum Gasteiger partial charge on any atom is -0.0836 e. The van der Waals surface area contributed by atoms with Gasteiger partial charge in [0.2, 0.25) is 0 Å². The quantitative estimate of drug-likeness (QED) is 0.197. The summed E-state index contributed by atoms with van der Waals surface area (Å²) in [7, 11) is 0. The Morgan fingerprint density at radius 2 is 0.881 bits per heavy atom. The first-order chi connectivity index (χ1) is 20.9. The van der Waals surface area contributed by atoms with Crippen molar-refractivity contribution in [2.24, 2.45) is 0 Å². The van der Waals surface area contributed by atoms with Crippen LogP contribution in [-0.4, -0.2) is 0 Å². The zero-order valence-electron chi connectivity index (χ0n) is 23.4. The van der Waals surface area contributed by atoms with E-state index in [1.165, 1.54) is 76.8 Å². The Bertz CT molecular complexity index is 2120. The number of hydrogen-bond donors (Lipinski definition) is 0. The summed E-state index contributed by atoms with van der Waals surface area (Å²) in [6.07, 6.45) is 9.15. The van der Waals surface area contributed by atoms with Crippen LogP contribution in [0.3, 0.4) is 0 Å². The number of hydrogen-bond acceptors (Lipinski definition) is 0. The molecule has 7 aromatic rings. The van der Waals surface area contributed by atoms with Crippen molar-refractivity contribution in [3.63, 3.8) is 0 Å². The maximum atomic E-state index is 2.37. The number of fused-ring (bicyclic) bond motifs is 3. The van der Waals surface area contributed by atoms with Crippen molar-refractivity contribution in [2.75, 3.05) is 0 Å².